The molecule has 1 aliphatic carbocycles. The van der Waals surface area contributed by atoms with Crippen LogP contribution in [0.5, 0.6) is 11.5 Å². The first kappa shape index (κ1) is 14.0. The molecule has 1 fully saturated rings. The summed E-state index contributed by atoms with van der Waals surface area (Å²) >= 11 is 0. The molecule has 23 heavy (non-hydrogen) atoms. The molecule has 2 aliphatic rings. The molecule has 0 radical (unpaired) electrons. The molecule has 0 unspecified atom stereocenters. The van der Waals surface area contributed by atoms with E-state index in [9.17, 15) is 4.79 Å². The number of benzene rings is 1. The molecule has 1 saturated carbocycles. The fourth-order valence-corrected chi connectivity index (χ4v) is 2.54. The minimum absolute atomic E-state index is 0.152. The topological polar surface area (TPSA) is 89.1 Å². The van der Waals surface area contributed by atoms with E-state index in [1.807, 2.05) is 18.2 Å². The van der Waals surface area contributed by atoms with Gasteiger partial charge in [0.05, 0.1) is 19.6 Å². The van der Waals surface area contributed by atoms with Crippen LogP contribution >= 0.6 is 0 Å². The van der Waals surface area contributed by atoms with Crippen LogP contribution in [-0.2, 0) is 11.2 Å². The van der Waals surface area contributed by atoms with Gasteiger partial charge in [0.25, 0.3) is 0 Å². The maximum atomic E-state index is 12.1. The molecule has 4 rings (SSSR count). The van der Waals surface area contributed by atoms with Crippen molar-refractivity contribution in [1.82, 2.24) is 15.2 Å². The molecule has 1 aromatic heterocycles. The Morgan fingerprint density at radius 1 is 1.26 bits per heavy atom. The Morgan fingerprint density at radius 3 is 2.91 bits per heavy atom. The third-order valence-corrected chi connectivity index (χ3v) is 3.89. The lowest BCUT2D eigenvalue weighted by Gasteiger charge is -2.09. The van der Waals surface area contributed by atoms with Gasteiger partial charge >= 0.3 is 0 Å². The van der Waals surface area contributed by atoms with Crippen LogP contribution in [0.25, 0.3) is 0 Å². The van der Waals surface area contributed by atoms with Crippen molar-refractivity contribution in [1.29, 1.82) is 0 Å². The van der Waals surface area contributed by atoms with Crippen LogP contribution in [0.4, 0.5) is 5.95 Å². The zero-order valence-corrected chi connectivity index (χ0v) is 12.7. The molecule has 2 heterocycles. The van der Waals surface area contributed by atoms with Gasteiger partial charge in [-0.1, -0.05) is 6.07 Å². The van der Waals surface area contributed by atoms with Crippen molar-refractivity contribution in [3.05, 3.63) is 29.6 Å². The summed E-state index contributed by atoms with van der Waals surface area (Å²) in [6.07, 6.45) is 3.38. The minimum atomic E-state index is -0.152. The number of H-pyrrole nitrogens is 1. The second-order valence-electron chi connectivity index (χ2n) is 5.88. The Hall–Kier alpha value is -2.57. The van der Waals surface area contributed by atoms with Gasteiger partial charge in [0.1, 0.15) is 5.82 Å². The molecule has 1 aliphatic heterocycles. The van der Waals surface area contributed by atoms with E-state index in [-0.39, 0.29) is 12.3 Å². The van der Waals surface area contributed by atoms with Gasteiger partial charge in [-0.3, -0.25) is 15.2 Å². The van der Waals surface area contributed by atoms with Gasteiger partial charge in [-0.2, -0.15) is 4.98 Å². The van der Waals surface area contributed by atoms with Gasteiger partial charge in [-0.15, -0.1) is 5.10 Å². The Morgan fingerprint density at radius 2 is 2.09 bits per heavy atom. The molecule has 1 aromatic carbocycles. The number of fused-ring (bicyclic) bond motifs is 1. The quantitative estimate of drug-likeness (QED) is 0.901. The highest BCUT2D eigenvalue weighted by Crippen LogP contribution is 2.38. The average molecular weight is 314 g/mol. The van der Waals surface area contributed by atoms with Crippen LogP contribution in [0.3, 0.4) is 0 Å². The maximum absolute atomic E-state index is 12.1. The first-order valence-corrected chi connectivity index (χ1v) is 7.88. The molecular formula is C16H18N4O3. The predicted octanol–water partition coefficient (Wildman–Crippen LogP) is 2.02. The first-order valence-electron chi connectivity index (χ1n) is 7.88. The van der Waals surface area contributed by atoms with Crippen LogP contribution in [0.15, 0.2) is 18.2 Å². The van der Waals surface area contributed by atoms with E-state index in [4.69, 9.17) is 9.47 Å². The Balaban J connectivity index is 1.40. The monoisotopic (exact) mass is 314 g/mol. The number of ether oxygens (including phenoxy) is 2. The summed E-state index contributed by atoms with van der Waals surface area (Å²) in [6.45, 7) is 1.28. The number of carbonyl (C=O) groups excluding carboxylic acids is 1. The summed E-state index contributed by atoms with van der Waals surface area (Å²) in [6, 6.07) is 5.58. The van der Waals surface area contributed by atoms with Crippen molar-refractivity contribution in [3.8, 4) is 11.5 Å². The number of aromatic amines is 1. The van der Waals surface area contributed by atoms with Crippen molar-refractivity contribution in [2.75, 3.05) is 18.5 Å². The third kappa shape index (κ3) is 3.28. The zero-order valence-electron chi connectivity index (χ0n) is 12.7. The van der Waals surface area contributed by atoms with E-state index in [0.29, 0.717) is 30.8 Å². The summed E-state index contributed by atoms with van der Waals surface area (Å²) < 4.78 is 11.2. The van der Waals surface area contributed by atoms with Crippen LogP contribution in [0, 0.1) is 0 Å². The van der Waals surface area contributed by atoms with E-state index < -0.39 is 0 Å². The number of carbonyl (C=O) groups is 1. The van der Waals surface area contributed by atoms with Gasteiger partial charge in [0.15, 0.2) is 11.5 Å². The number of nitrogens with one attached hydrogen (secondary N) is 2. The lowest BCUT2D eigenvalue weighted by Crippen LogP contribution is -2.15. The summed E-state index contributed by atoms with van der Waals surface area (Å²) in [5.74, 6) is 2.95. The second-order valence-corrected chi connectivity index (χ2v) is 5.88. The largest absolute Gasteiger partial charge is 0.490 e. The molecule has 2 N–H and O–H groups in total. The molecule has 7 heteroatoms. The van der Waals surface area contributed by atoms with Crippen molar-refractivity contribution >= 4 is 11.9 Å². The SMILES string of the molecule is O=C(Cc1ccc2c(c1)OCCCO2)Nc1n[nH]c(C2CC2)n1. The number of rotatable bonds is 4. The number of amides is 1. The van der Waals surface area contributed by atoms with Gasteiger partial charge in [-0.05, 0) is 30.5 Å². The van der Waals surface area contributed by atoms with E-state index in [1.165, 1.54) is 0 Å². The molecular weight excluding hydrogens is 296 g/mol. The summed E-state index contributed by atoms with van der Waals surface area (Å²) in [5, 5.41) is 9.62. The van der Waals surface area contributed by atoms with Crippen molar-refractivity contribution < 1.29 is 14.3 Å². The molecule has 2 aromatic rings. The number of hydrogen-bond acceptors (Lipinski definition) is 5. The van der Waals surface area contributed by atoms with E-state index in [1.54, 1.807) is 0 Å². The van der Waals surface area contributed by atoms with Crippen LogP contribution in [-0.4, -0.2) is 34.3 Å². The predicted molar refractivity (Wildman–Crippen MR) is 82.7 cm³/mol. The summed E-state index contributed by atoms with van der Waals surface area (Å²) in [7, 11) is 0. The highest BCUT2D eigenvalue weighted by atomic mass is 16.5. The Kier molecular flexibility index (Phi) is 3.61. The van der Waals surface area contributed by atoms with Crippen molar-refractivity contribution in [2.24, 2.45) is 0 Å². The molecule has 0 bridgehead atoms. The van der Waals surface area contributed by atoms with Gasteiger partial charge in [0, 0.05) is 12.3 Å². The maximum Gasteiger partial charge on any atom is 0.248 e. The van der Waals surface area contributed by atoms with Crippen LogP contribution in [0.2, 0.25) is 0 Å². The number of hydrogen-bond donors (Lipinski definition) is 2. The fraction of sp³-hybridized carbons (Fsp3) is 0.438. The fourth-order valence-electron chi connectivity index (χ4n) is 2.54. The standard InChI is InChI=1S/C16H18N4O3/c21-14(17-16-18-15(19-20-16)11-3-4-11)9-10-2-5-12-13(8-10)23-7-1-6-22-12/h2,5,8,11H,1,3-4,6-7,9H2,(H2,17,18,19,20,21). The highest BCUT2D eigenvalue weighted by Gasteiger charge is 2.27. The van der Waals surface area contributed by atoms with Gasteiger partial charge in [0.2, 0.25) is 11.9 Å². The van der Waals surface area contributed by atoms with Crippen molar-refractivity contribution in [3.63, 3.8) is 0 Å². The second kappa shape index (κ2) is 5.91. The lowest BCUT2D eigenvalue weighted by atomic mass is 10.1. The Labute approximate surface area is 133 Å². The lowest BCUT2D eigenvalue weighted by molar-refractivity contribution is -0.115. The third-order valence-electron chi connectivity index (χ3n) is 3.89. The van der Waals surface area contributed by atoms with Crippen LogP contribution in [0.1, 0.15) is 36.6 Å². The zero-order chi connectivity index (χ0) is 15.6. The van der Waals surface area contributed by atoms with Crippen molar-refractivity contribution in [2.45, 2.75) is 31.6 Å². The molecule has 0 atom stereocenters. The number of anilines is 1. The Bertz CT molecular complexity index is 724. The molecule has 7 nitrogen and oxygen atoms in total. The minimum Gasteiger partial charge on any atom is -0.490 e. The molecule has 120 valence electrons. The molecule has 0 saturated heterocycles. The first-order chi connectivity index (χ1) is 11.3. The molecule has 1 amide bonds. The van der Waals surface area contributed by atoms with Crippen LogP contribution < -0.4 is 14.8 Å². The normalized spacial score (nSPS) is 16.7. The number of nitrogens with zero attached hydrogens (tertiary/aromatic N) is 2. The van der Waals surface area contributed by atoms with E-state index in [0.717, 1.165) is 36.4 Å². The summed E-state index contributed by atoms with van der Waals surface area (Å²) in [5.41, 5.74) is 0.865. The smallest absolute Gasteiger partial charge is 0.248 e. The highest BCUT2D eigenvalue weighted by molar-refractivity contribution is 5.90. The molecule has 0 spiro atoms. The van der Waals surface area contributed by atoms with E-state index >= 15 is 0 Å². The van der Waals surface area contributed by atoms with E-state index in [2.05, 4.69) is 20.5 Å². The number of aromatic nitrogens is 3. The summed E-state index contributed by atoms with van der Waals surface area (Å²) in [4.78, 5) is 16.4. The van der Waals surface area contributed by atoms with Gasteiger partial charge in [-0.25, -0.2) is 0 Å². The van der Waals surface area contributed by atoms with Gasteiger partial charge < -0.3 is 9.47 Å². The average Bonchev–Trinajstić information content (AvgIpc) is 3.32.